The number of hydrogen-bond acceptors (Lipinski definition) is 4. The summed E-state index contributed by atoms with van der Waals surface area (Å²) in [5.41, 5.74) is 0.591. The van der Waals surface area contributed by atoms with E-state index in [4.69, 9.17) is 0 Å². The minimum Gasteiger partial charge on any atom is -0.353 e. The molecule has 2 amide bonds. The van der Waals surface area contributed by atoms with Crippen LogP contribution in [0.15, 0.2) is 24.3 Å². The van der Waals surface area contributed by atoms with Gasteiger partial charge in [0.1, 0.15) is 5.82 Å². The molecule has 6 nitrogen and oxygen atoms in total. The summed E-state index contributed by atoms with van der Waals surface area (Å²) in [5.74, 6) is -0.378. The third-order valence-electron chi connectivity index (χ3n) is 4.46. The maximum atomic E-state index is 12.9. The molecule has 0 radical (unpaired) electrons. The van der Waals surface area contributed by atoms with Crippen molar-refractivity contribution in [2.75, 3.05) is 44.6 Å². The van der Waals surface area contributed by atoms with E-state index in [0.29, 0.717) is 18.8 Å². The summed E-state index contributed by atoms with van der Waals surface area (Å²) in [6, 6.07) is 5.94. The van der Waals surface area contributed by atoms with Gasteiger partial charge in [-0.3, -0.25) is 19.4 Å². The number of hydrogen-bond donors (Lipinski definition) is 2. The fraction of sp³-hybridized carbons (Fsp3) is 0.579. The summed E-state index contributed by atoms with van der Waals surface area (Å²) in [5, 5.41) is 5.79. The number of nitrogens with zero attached hydrogens (tertiary/aromatic N) is 2. The quantitative estimate of drug-likeness (QED) is 0.737. The summed E-state index contributed by atoms with van der Waals surface area (Å²) >= 11 is 0. The molecular formula is C19H29FN4O2. The van der Waals surface area contributed by atoms with Gasteiger partial charge in [0.15, 0.2) is 0 Å². The topological polar surface area (TPSA) is 64.7 Å². The highest BCUT2D eigenvalue weighted by atomic mass is 19.1. The van der Waals surface area contributed by atoms with Gasteiger partial charge in [-0.05, 0) is 37.6 Å². The van der Waals surface area contributed by atoms with Crippen molar-refractivity contribution in [2.24, 2.45) is 0 Å². The number of nitrogens with one attached hydrogen (secondary N) is 2. The average Bonchev–Trinajstić information content (AvgIpc) is 2.59. The molecule has 1 aliphatic heterocycles. The lowest BCUT2D eigenvalue weighted by atomic mass is 10.2. The Hall–Kier alpha value is -1.99. The fourth-order valence-corrected chi connectivity index (χ4v) is 3.07. The zero-order chi connectivity index (χ0) is 18.9. The molecule has 2 N–H and O–H groups in total. The van der Waals surface area contributed by atoms with Crippen molar-refractivity contribution in [3.05, 3.63) is 30.1 Å². The number of carbonyl (C=O) groups excluding carboxylic acids is 2. The zero-order valence-electron chi connectivity index (χ0n) is 15.6. The first kappa shape index (κ1) is 20.3. The van der Waals surface area contributed by atoms with Crippen LogP contribution in [0.1, 0.15) is 26.7 Å². The Morgan fingerprint density at radius 2 is 1.58 bits per heavy atom. The number of benzene rings is 1. The Labute approximate surface area is 154 Å². The summed E-state index contributed by atoms with van der Waals surface area (Å²) in [6.07, 6.45) is 2.04. The Bertz CT molecular complexity index is 586. The molecule has 1 heterocycles. The molecule has 144 valence electrons. The van der Waals surface area contributed by atoms with Gasteiger partial charge in [0.05, 0.1) is 13.1 Å². The molecule has 0 saturated carbocycles. The summed E-state index contributed by atoms with van der Waals surface area (Å²) in [7, 11) is 0. The maximum Gasteiger partial charge on any atom is 0.238 e. The van der Waals surface area contributed by atoms with Crippen molar-refractivity contribution in [2.45, 2.75) is 32.7 Å². The predicted molar refractivity (Wildman–Crippen MR) is 100 cm³/mol. The van der Waals surface area contributed by atoms with E-state index in [1.165, 1.54) is 12.1 Å². The van der Waals surface area contributed by atoms with Crippen molar-refractivity contribution in [3.63, 3.8) is 0 Å². The van der Waals surface area contributed by atoms with Gasteiger partial charge in [0, 0.05) is 37.9 Å². The first-order chi connectivity index (χ1) is 12.5. The van der Waals surface area contributed by atoms with Crippen LogP contribution in [-0.4, -0.2) is 66.9 Å². The molecule has 0 aliphatic carbocycles. The van der Waals surface area contributed by atoms with Crippen LogP contribution in [0.3, 0.4) is 0 Å². The normalized spacial score (nSPS) is 16.9. The van der Waals surface area contributed by atoms with Gasteiger partial charge in [-0.25, -0.2) is 4.39 Å². The molecule has 26 heavy (non-hydrogen) atoms. The fourth-order valence-electron chi connectivity index (χ4n) is 3.07. The second kappa shape index (κ2) is 10.2. The second-order valence-electron chi connectivity index (χ2n) is 6.86. The van der Waals surface area contributed by atoms with E-state index in [1.54, 1.807) is 12.1 Å². The van der Waals surface area contributed by atoms with E-state index < -0.39 is 0 Å². The molecule has 1 fully saturated rings. The van der Waals surface area contributed by atoms with Crippen molar-refractivity contribution in [1.29, 1.82) is 0 Å². The van der Waals surface area contributed by atoms with Gasteiger partial charge in [0.25, 0.3) is 0 Å². The lowest BCUT2D eigenvalue weighted by Gasteiger charge is -2.34. The van der Waals surface area contributed by atoms with Crippen molar-refractivity contribution < 1.29 is 14.0 Å². The second-order valence-corrected chi connectivity index (χ2v) is 6.86. The van der Waals surface area contributed by atoms with E-state index >= 15 is 0 Å². The number of amides is 2. The Morgan fingerprint density at radius 1 is 1.04 bits per heavy atom. The van der Waals surface area contributed by atoms with Crippen molar-refractivity contribution in [1.82, 2.24) is 15.1 Å². The van der Waals surface area contributed by atoms with Gasteiger partial charge < -0.3 is 10.6 Å². The van der Waals surface area contributed by atoms with Crippen LogP contribution in [0.4, 0.5) is 10.1 Å². The monoisotopic (exact) mass is 364 g/mol. The molecule has 1 aromatic rings. The van der Waals surface area contributed by atoms with Gasteiger partial charge in [-0.15, -0.1) is 0 Å². The zero-order valence-corrected chi connectivity index (χ0v) is 15.6. The smallest absolute Gasteiger partial charge is 0.238 e. The Balaban J connectivity index is 1.67. The minimum absolute atomic E-state index is 0.0634. The molecule has 0 unspecified atom stereocenters. The molecule has 7 heteroatoms. The molecule has 1 saturated heterocycles. The summed E-state index contributed by atoms with van der Waals surface area (Å²) < 4.78 is 12.9. The van der Waals surface area contributed by atoms with Crippen LogP contribution in [-0.2, 0) is 9.59 Å². The van der Waals surface area contributed by atoms with Crippen LogP contribution in [0, 0.1) is 5.82 Å². The van der Waals surface area contributed by atoms with Gasteiger partial charge in [-0.2, -0.15) is 0 Å². The van der Waals surface area contributed by atoms with E-state index in [9.17, 15) is 14.0 Å². The summed E-state index contributed by atoms with van der Waals surface area (Å²) in [6.45, 7) is 7.85. The average molecular weight is 364 g/mol. The third kappa shape index (κ3) is 7.09. The van der Waals surface area contributed by atoms with E-state index in [1.807, 2.05) is 6.92 Å². The largest absolute Gasteiger partial charge is 0.353 e. The predicted octanol–water partition coefficient (Wildman–Crippen LogP) is 1.69. The number of piperazine rings is 1. The maximum absolute atomic E-state index is 12.9. The SMILES string of the molecule is CCC[C@H](C)NC(=O)CN1CCN(CC(=O)Nc2ccc(F)cc2)CC1. The first-order valence-corrected chi connectivity index (χ1v) is 9.25. The van der Waals surface area contributed by atoms with Gasteiger partial charge in [0.2, 0.25) is 11.8 Å². The minimum atomic E-state index is -0.327. The van der Waals surface area contributed by atoms with Crippen LogP contribution in [0.25, 0.3) is 0 Å². The number of halogens is 1. The number of anilines is 1. The highest BCUT2D eigenvalue weighted by Gasteiger charge is 2.21. The molecule has 0 aromatic heterocycles. The van der Waals surface area contributed by atoms with Crippen LogP contribution < -0.4 is 10.6 Å². The standard InChI is InChI=1S/C19H29FN4O2/c1-3-4-15(2)21-18(25)13-23-9-11-24(12-10-23)14-19(26)22-17-7-5-16(20)6-8-17/h5-8,15H,3-4,9-14H2,1-2H3,(H,21,25)(H,22,26)/t15-/m0/s1. The third-order valence-corrected chi connectivity index (χ3v) is 4.46. The van der Waals surface area contributed by atoms with Gasteiger partial charge in [-0.1, -0.05) is 13.3 Å². The number of rotatable bonds is 8. The lowest BCUT2D eigenvalue weighted by Crippen LogP contribution is -2.51. The highest BCUT2D eigenvalue weighted by molar-refractivity contribution is 5.92. The van der Waals surface area contributed by atoms with E-state index in [0.717, 1.165) is 39.0 Å². The number of carbonyl (C=O) groups is 2. The van der Waals surface area contributed by atoms with Crippen molar-refractivity contribution in [3.8, 4) is 0 Å². The van der Waals surface area contributed by atoms with E-state index in [2.05, 4.69) is 27.4 Å². The van der Waals surface area contributed by atoms with Crippen molar-refractivity contribution >= 4 is 17.5 Å². The molecule has 1 aliphatic rings. The van der Waals surface area contributed by atoms with Gasteiger partial charge >= 0.3 is 0 Å². The molecule has 1 atom stereocenters. The molecule has 0 spiro atoms. The van der Waals surface area contributed by atoms with Crippen LogP contribution in [0.5, 0.6) is 0 Å². The first-order valence-electron chi connectivity index (χ1n) is 9.25. The molecule has 2 rings (SSSR count). The van der Waals surface area contributed by atoms with Crippen LogP contribution in [0.2, 0.25) is 0 Å². The Kier molecular flexibility index (Phi) is 8.00. The van der Waals surface area contributed by atoms with E-state index in [-0.39, 0.29) is 23.7 Å². The lowest BCUT2D eigenvalue weighted by molar-refractivity contribution is -0.124. The molecular weight excluding hydrogens is 335 g/mol. The summed E-state index contributed by atoms with van der Waals surface area (Å²) in [4.78, 5) is 28.3. The highest BCUT2D eigenvalue weighted by Crippen LogP contribution is 2.09. The molecule has 1 aromatic carbocycles. The Morgan fingerprint density at radius 3 is 2.12 bits per heavy atom. The van der Waals surface area contributed by atoms with Crippen LogP contribution >= 0.6 is 0 Å². The molecule has 0 bridgehead atoms.